The van der Waals surface area contributed by atoms with Crippen LogP contribution in [0.25, 0.3) is 11.4 Å². The normalized spacial score (nSPS) is 13.3. The van der Waals surface area contributed by atoms with E-state index >= 15 is 0 Å². The highest BCUT2D eigenvalue weighted by atomic mass is 35.5. The maximum atomic E-state index is 11.1. The molecule has 0 aliphatic rings. The summed E-state index contributed by atoms with van der Waals surface area (Å²) in [7, 11) is -3.06. The van der Waals surface area contributed by atoms with Gasteiger partial charge in [-0.2, -0.15) is 4.98 Å². The van der Waals surface area contributed by atoms with E-state index in [4.69, 9.17) is 21.9 Å². The fourth-order valence-electron chi connectivity index (χ4n) is 1.57. The number of aromatic nitrogens is 2. The van der Waals surface area contributed by atoms with Crippen molar-refractivity contribution >= 4 is 21.4 Å². The summed E-state index contributed by atoms with van der Waals surface area (Å²) >= 11 is 5.80. The van der Waals surface area contributed by atoms with Gasteiger partial charge >= 0.3 is 0 Å². The van der Waals surface area contributed by atoms with Crippen molar-refractivity contribution < 1.29 is 12.9 Å². The molecule has 0 aliphatic heterocycles. The Bertz CT molecular complexity index is 682. The average Bonchev–Trinajstić information content (AvgIpc) is 2.85. The Kier molecular flexibility index (Phi) is 4.42. The molecule has 2 N–H and O–H groups in total. The maximum absolute atomic E-state index is 11.1. The van der Waals surface area contributed by atoms with Crippen LogP contribution in [0.1, 0.15) is 18.4 Å². The van der Waals surface area contributed by atoms with Crippen molar-refractivity contribution in [1.29, 1.82) is 0 Å². The van der Waals surface area contributed by atoms with Gasteiger partial charge in [0.2, 0.25) is 11.7 Å². The number of halogens is 1. The molecule has 0 amide bonds. The Morgan fingerprint density at radius 2 is 2.00 bits per heavy atom. The minimum absolute atomic E-state index is 0.0210. The SMILES string of the molecule is CS(=O)(=O)CC[C@H](N)c1nc(-c2ccc(Cl)cc2)no1. The van der Waals surface area contributed by atoms with E-state index in [0.717, 1.165) is 11.8 Å². The Labute approximate surface area is 121 Å². The van der Waals surface area contributed by atoms with Gasteiger partial charge in [0.05, 0.1) is 11.8 Å². The summed E-state index contributed by atoms with van der Waals surface area (Å²) in [5.41, 5.74) is 6.59. The van der Waals surface area contributed by atoms with Gasteiger partial charge in [-0.05, 0) is 30.7 Å². The van der Waals surface area contributed by atoms with E-state index in [-0.39, 0.29) is 18.1 Å². The van der Waals surface area contributed by atoms with Gasteiger partial charge in [-0.25, -0.2) is 8.42 Å². The third-order valence-electron chi connectivity index (χ3n) is 2.66. The minimum atomic E-state index is -3.06. The van der Waals surface area contributed by atoms with Crippen LogP contribution in [0.4, 0.5) is 0 Å². The first kappa shape index (κ1) is 15.0. The highest BCUT2D eigenvalue weighted by molar-refractivity contribution is 7.90. The van der Waals surface area contributed by atoms with Crippen LogP contribution in [0.15, 0.2) is 28.8 Å². The highest BCUT2D eigenvalue weighted by Crippen LogP contribution is 2.21. The zero-order valence-corrected chi connectivity index (χ0v) is 12.4. The summed E-state index contributed by atoms with van der Waals surface area (Å²) in [5.74, 6) is 0.595. The molecule has 1 atom stereocenters. The molecule has 1 aromatic carbocycles. The standard InChI is InChI=1S/C12H14ClN3O3S/c1-20(17,18)7-6-10(14)12-15-11(16-19-12)8-2-4-9(13)5-3-8/h2-5,10H,6-7,14H2,1H3/t10-/m0/s1. The van der Waals surface area contributed by atoms with Gasteiger partial charge in [0.1, 0.15) is 9.84 Å². The number of nitrogens with zero attached hydrogens (tertiary/aromatic N) is 2. The first-order valence-electron chi connectivity index (χ1n) is 5.88. The van der Waals surface area contributed by atoms with Crippen molar-refractivity contribution in [2.75, 3.05) is 12.0 Å². The second-order valence-electron chi connectivity index (χ2n) is 4.49. The van der Waals surface area contributed by atoms with Crippen molar-refractivity contribution in [3.63, 3.8) is 0 Å². The van der Waals surface area contributed by atoms with E-state index in [9.17, 15) is 8.42 Å². The molecule has 0 aliphatic carbocycles. The molecule has 6 nitrogen and oxygen atoms in total. The van der Waals surface area contributed by atoms with E-state index in [1.807, 2.05) is 0 Å². The third-order valence-corrected chi connectivity index (χ3v) is 3.89. The van der Waals surface area contributed by atoms with Crippen LogP contribution in [-0.2, 0) is 9.84 Å². The van der Waals surface area contributed by atoms with Crippen LogP contribution >= 0.6 is 11.6 Å². The zero-order chi connectivity index (χ0) is 14.8. The van der Waals surface area contributed by atoms with E-state index in [1.165, 1.54) is 0 Å². The van der Waals surface area contributed by atoms with Gasteiger partial charge in [-0.15, -0.1) is 0 Å². The smallest absolute Gasteiger partial charge is 0.243 e. The van der Waals surface area contributed by atoms with Crippen LogP contribution in [0, 0.1) is 0 Å². The van der Waals surface area contributed by atoms with Crippen LogP contribution in [0.5, 0.6) is 0 Å². The first-order valence-corrected chi connectivity index (χ1v) is 8.32. The summed E-state index contributed by atoms with van der Waals surface area (Å²) in [5, 5.41) is 4.44. The molecule has 1 aromatic heterocycles. The van der Waals surface area contributed by atoms with E-state index < -0.39 is 15.9 Å². The Morgan fingerprint density at radius 1 is 1.35 bits per heavy atom. The summed E-state index contributed by atoms with van der Waals surface area (Å²) in [6, 6.07) is 6.36. The van der Waals surface area contributed by atoms with Gasteiger partial charge in [0.15, 0.2) is 0 Å². The second-order valence-corrected chi connectivity index (χ2v) is 7.18. The number of hydrogen-bond acceptors (Lipinski definition) is 6. The summed E-state index contributed by atoms with van der Waals surface area (Å²) < 4.78 is 27.2. The molecule has 1 heterocycles. The van der Waals surface area contributed by atoms with E-state index in [2.05, 4.69) is 10.1 Å². The predicted molar refractivity (Wildman–Crippen MR) is 76.0 cm³/mol. The molecular formula is C12H14ClN3O3S. The molecule has 20 heavy (non-hydrogen) atoms. The van der Waals surface area contributed by atoms with Gasteiger partial charge in [0.25, 0.3) is 0 Å². The molecule has 2 aromatic rings. The Morgan fingerprint density at radius 3 is 2.60 bits per heavy atom. The highest BCUT2D eigenvalue weighted by Gasteiger charge is 2.17. The largest absolute Gasteiger partial charge is 0.337 e. The third kappa shape index (κ3) is 4.03. The molecule has 0 bridgehead atoms. The molecule has 0 spiro atoms. The molecular weight excluding hydrogens is 302 g/mol. The Balaban J connectivity index is 2.10. The van der Waals surface area contributed by atoms with E-state index in [1.54, 1.807) is 24.3 Å². The predicted octanol–water partition coefficient (Wildman–Crippen LogP) is 1.82. The van der Waals surface area contributed by atoms with Crippen molar-refractivity contribution in [1.82, 2.24) is 10.1 Å². The fourth-order valence-corrected chi connectivity index (χ4v) is 2.37. The maximum Gasteiger partial charge on any atom is 0.243 e. The number of rotatable bonds is 5. The number of hydrogen-bond donors (Lipinski definition) is 1. The zero-order valence-electron chi connectivity index (χ0n) is 10.8. The molecule has 0 saturated heterocycles. The molecule has 0 fully saturated rings. The monoisotopic (exact) mass is 315 g/mol. The van der Waals surface area contributed by atoms with Crippen LogP contribution in [0.2, 0.25) is 5.02 Å². The van der Waals surface area contributed by atoms with Gasteiger partial charge in [-0.1, -0.05) is 16.8 Å². The van der Waals surface area contributed by atoms with Gasteiger partial charge < -0.3 is 10.3 Å². The molecule has 108 valence electrons. The summed E-state index contributed by atoms with van der Waals surface area (Å²) in [6.07, 6.45) is 1.40. The summed E-state index contributed by atoms with van der Waals surface area (Å²) in [6.45, 7) is 0. The number of nitrogens with two attached hydrogens (primary N) is 1. The van der Waals surface area contributed by atoms with Crippen molar-refractivity contribution in [2.24, 2.45) is 5.73 Å². The molecule has 2 rings (SSSR count). The van der Waals surface area contributed by atoms with Crippen LogP contribution < -0.4 is 5.73 Å². The first-order chi connectivity index (χ1) is 9.35. The molecule has 0 unspecified atom stereocenters. The van der Waals surface area contributed by atoms with Gasteiger partial charge in [0, 0.05) is 16.8 Å². The van der Waals surface area contributed by atoms with Crippen LogP contribution in [0.3, 0.4) is 0 Å². The lowest BCUT2D eigenvalue weighted by atomic mass is 10.2. The quantitative estimate of drug-likeness (QED) is 0.903. The van der Waals surface area contributed by atoms with Crippen molar-refractivity contribution in [3.8, 4) is 11.4 Å². The van der Waals surface area contributed by atoms with Crippen LogP contribution in [-0.4, -0.2) is 30.6 Å². The van der Waals surface area contributed by atoms with E-state index in [0.29, 0.717) is 10.8 Å². The van der Waals surface area contributed by atoms with Gasteiger partial charge in [-0.3, -0.25) is 0 Å². The number of sulfone groups is 1. The lowest BCUT2D eigenvalue weighted by molar-refractivity contribution is 0.352. The lowest BCUT2D eigenvalue weighted by Gasteiger charge is -2.04. The lowest BCUT2D eigenvalue weighted by Crippen LogP contribution is -2.16. The fraction of sp³-hybridized carbons (Fsp3) is 0.333. The molecule has 0 radical (unpaired) electrons. The summed E-state index contributed by atoms with van der Waals surface area (Å²) in [4.78, 5) is 4.17. The Hall–Kier alpha value is -1.44. The topological polar surface area (TPSA) is 99.1 Å². The average molecular weight is 316 g/mol. The minimum Gasteiger partial charge on any atom is -0.337 e. The van der Waals surface area contributed by atoms with Crippen molar-refractivity contribution in [3.05, 3.63) is 35.2 Å². The molecule has 0 saturated carbocycles. The number of benzene rings is 1. The molecule has 8 heteroatoms. The second kappa shape index (κ2) is 5.90. The van der Waals surface area contributed by atoms with Crippen molar-refractivity contribution in [2.45, 2.75) is 12.5 Å².